The van der Waals surface area contributed by atoms with E-state index < -0.39 is 5.91 Å². The Morgan fingerprint density at radius 1 is 1.23 bits per heavy atom. The Hall–Kier alpha value is -3.19. The van der Waals surface area contributed by atoms with Crippen LogP contribution in [0.2, 0.25) is 0 Å². The van der Waals surface area contributed by atoms with Crippen molar-refractivity contribution in [1.82, 2.24) is 9.66 Å². The van der Waals surface area contributed by atoms with E-state index in [1.807, 2.05) is 31.2 Å². The topological polar surface area (TPSA) is 84.2 Å². The Kier molecular flexibility index (Phi) is 3.93. The van der Waals surface area contributed by atoms with E-state index in [2.05, 4.69) is 10.4 Å². The smallest absolute Gasteiger partial charge is 0.280 e. The first kappa shape index (κ1) is 16.3. The molecule has 0 radical (unpaired) electrons. The Balaban J connectivity index is 1.72. The van der Waals surface area contributed by atoms with Gasteiger partial charge in [0.25, 0.3) is 11.5 Å². The maximum absolute atomic E-state index is 12.6. The normalized spacial score (nSPS) is 11.1. The second-order valence-corrected chi connectivity index (χ2v) is 6.98. The van der Waals surface area contributed by atoms with E-state index in [4.69, 9.17) is 0 Å². The molecule has 7 heteroatoms. The van der Waals surface area contributed by atoms with Crippen LogP contribution in [0, 0.1) is 0 Å². The van der Waals surface area contributed by atoms with Gasteiger partial charge in [0, 0.05) is 4.88 Å². The van der Waals surface area contributed by atoms with Gasteiger partial charge >= 0.3 is 0 Å². The van der Waals surface area contributed by atoms with Gasteiger partial charge in [-0.3, -0.25) is 15.0 Å². The van der Waals surface area contributed by atoms with Gasteiger partial charge in [-0.2, -0.15) is 0 Å². The first-order valence-corrected chi connectivity index (χ1v) is 8.91. The Morgan fingerprint density at radius 3 is 2.69 bits per heavy atom. The average molecular weight is 365 g/mol. The largest absolute Gasteiger partial charge is 0.507 e. The van der Waals surface area contributed by atoms with Gasteiger partial charge in [-0.15, -0.1) is 11.3 Å². The van der Waals surface area contributed by atoms with E-state index in [9.17, 15) is 14.7 Å². The highest BCUT2D eigenvalue weighted by Gasteiger charge is 2.15. The van der Waals surface area contributed by atoms with Crippen LogP contribution in [0.15, 0.2) is 53.6 Å². The van der Waals surface area contributed by atoms with Gasteiger partial charge in [-0.05, 0) is 35.4 Å². The standard InChI is InChI=1S/C19H15N3O3S/c1-2-13-9-15-18(26-13)20-10-22(19(15)25)21-17(24)14-7-11-5-3-4-6-12(11)8-16(14)23/h3-10,23H,2H2,1H3,(H,21,24). The Morgan fingerprint density at radius 2 is 1.96 bits per heavy atom. The summed E-state index contributed by atoms with van der Waals surface area (Å²) in [4.78, 5) is 31.1. The van der Waals surface area contributed by atoms with Gasteiger partial charge in [0.2, 0.25) is 0 Å². The molecule has 2 N–H and O–H groups in total. The van der Waals surface area contributed by atoms with Crippen LogP contribution in [0.25, 0.3) is 21.0 Å². The van der Waals surface area contributed by atoms with Crippen molar-refractivity contribution in [2.45, 2.75) is 13.3 Å². The quantitative estimate of drug-likeness (QED) is 0.584. The van der Waals surface area contributed by atoms with Gasteiger partial charge in [0.05, 0.1) is 10.9 Å². The number of amides is 1. The van der Waals surface area contributed by atoms with E-state index in [1.54, 1.807) is 12.1 Å². The number of carbonyl (C=O) groups is 1. The molecule has 4 aromatic rings. The van der Waals surface area contributed by atoms with Gasteiger partial charge in [-0.25, -0.2) is 9.66 Å². The van der Waals surface area contributed by atoms with Crippen molar-refractivity contribution < 1.29 is 9.90 Å². The van der Waals surface area contributed by atoms with Crippen molar-refractivity contribution >= 4 is 38.2 Å². The summed E-state index contributed by atoms with van der Waals surface area (Å²) in [6, 6.07) is 12.3. The number of nitrogens with one attached hydrogen (secondary N) is 1. The van der Waals surface area contributed by atoms with Crippen LogP contribution >= 0.6 is 11.3 Å². The lowest BCUT2D eigenvalue weighted by atomic mass is 10.1. The molecular formula is C19H15N3O3S. The average Bonchev–Trinajstić information content (AvgIpc) is 3.07. The Bertz CT molecular complexity index is 1210. The molecule has 0 atom stereocenters. The molecular weight excluding hydrogens is 350 g/mol. The predicted octanol–water partition coefficient (Wildman–Crippen LogP) is 3.26. The van der Waals surface area contributed by atoms with Crippen molar-refractivity contribution in [3.8, 4) is 5.75 Å². The molecule has 6 nitrogen and oxygen atoms in total. The summed E-state index contributed by atoms with van der Waals surface area (Å²) in [7, 11) is 0. The SMILES string of the molecule is CCc1cc2c(=O)n(NC(=O)c3cc4ccccc4cc3O)cnc2s1. The minimum atomic E-state index is -0.581. The summed E-state index contributed by atoms with van der Waals surface area (Å²) in [6.45, 7) is 2.01. The fraction of sp³-hybridized carbons (Fsp3) is 0.105. The maximum Gasteiger partial charge on any atom is 0.280 e. The minimum absolute atomic E-state index is 0.0928. The third-order valence-corrected chi connectivity index (χ3v) is 5.37. The van der Waals surface area contributed by atoms with E-state index in [1.165, 1.54) is 23.7 Å². The summed E-state index contributed by atoms with van der Waals surface area (Å²) in [5.74, 6) is -0.727. The van der Waals surface area contributed by atoms with Crippen molar-refractivity contribution in [2.75, 3.05) is 5.43 Å². The molecule has 2 aromatic heterocycles. The molecule has 0 aliphatic carbocycles. The molecule has 2 heterocycles. The third kappa shape index (κ3) is 2.72. The highest BCUT2D eigenvalue weighted by Crippen LogP contribution is 2.25. The molecule has 0 bridgehead atoms. The van der Waals surface area contributed by atoms with E-state index >= 15 is 0 Å². The van der Waals surface area contributed by atoms with Crippen molar-refractivity contribution in [2.24, 2.45) is 0 Å². The van der Waals surface area contributed by atoms with Gasteiger partial charge in [-0.1, -0.05) is 31.2 Å². The van der Waals surface area contributed by atoms with Gasteiger partial charge in [0.1, 0.15) is 16.9 Å². The number of nitrogens with zero attached hydrogens (tertiary/aromatic N) is 2. The molecule has 0 aliphatic heterocycles. The van der Waals surface area contributed by atoms with Crippen LogP contribution in [0.4, 0.5) is 0 Å². The summed E-state index contributed by atoms with van der Waals surface area (Å²) in [6.07, 6.45) is 2.11. The molecule has 0 fully saturated rings. The summed E-state index contributed by atoms with van der Waals surface area (Å²) < 4.78 is 1.05. The molecule has 2 aromatic carbocycles. The van der Waals surface area contributed by atoms with Crippen LogP contribution in [0.3, 0.4) is 0 Å². The number of hydrogen-bond donors (Lipinski definition) is 2. The lowest BCUT2D eigenvalue weighted by molar-refractivity contribution is 0.100. The molecule has 0 unspecified atom stereocenters. The molecule has 130 valence electrons. The van der Waals surface area contributed by atoms with E-state index in [0.29, 0.717) is 10.2 Å². The number of fused-ring (bicyclic) bond motifs is 2. The van der Waals surface area contributed by atoms with E-state index in [-0.39, 0.29) is 16.9 Å². The highest BCUT2D eigenvalue weighted by atomic mass is 32.1. The first-order chi connectivity index (χ1) is 12.6. The van der Waals surface area contributed by atoms with Gasteiger partial charge < -0.3 is 5.11 Å². The molecule has 0 saturated heterocycles. The van der Waals surface area contributed by atoms with Gasteiger partial charge in [0.15, 0.2) is 0 Å². The molecule has 0 aliphatic rings. The number of aromatic hydroxyl groups is 1. The van der Waals surface area contributed by atoms with Crippen molar-refractivity contribution in [3.05, 3.63) is 69.6 Å². The van der Waals surface area contributed by atoms with Crippen LogP contribution in [0.1, 0.15) is 22.2 Å². The summed E-state index contributed by atoms with van der Waals surface area (Å²) in [5.41, 5.74) is 2.24. The zero-order valence-electron chi connectivity index (χ0n) is 13.9. The lowest BCUT2D eigenvalue weighted by Gasteiger charge is -2.10. The van der Waals surface area contributed by atoms with Crippen LogP contribution in [-0.2, 0) is 6.42 Å². The molecule has 0 spiro atoms. The number of phenolic OH excluding ortho intramolecular Hbond substituents is 1. The molecule has 0 saturated carbocycles. The zero-order chi connectivity index (χ0) is 18.3. The van der Waals surface area contributed by atoms with Crippen LogP contribution in [-0.4, -0.2) is 20.7 Å². The number of carbonyl (C=O) groups excluding carboxylic acids is 1. The van der Waals surface area contributed by atoms with Crippen molar-refractivity contribution in [1.29, 1.82) is 0 Å². The number of thiophene rings is 1. The number of hydrogen-bond acceptors (Lipinski definition) is 5. The molecule has 1 amide bonds. The van der Waals surface area contributed by atoms with Crippen molar-refractivity contribution in [3.63, 3.8) is 0 Å². The highest BCUT2D eigenvalue weighted by molar-refractivity contribution is 7.18. The first-order valence-electron chi connectivity index (χ1n) is 8.10. The Labute approximate surface area is 152 Å². The monoisotopic (exact) mass is 365 g/mol. The van der Waals surface area contributed by atoms with Crippen LogP contribution < -0.4 is 11.0 Å². The molecule has 26 heavy (non-hydrogen) atoms. The minimum Gasteiger partial charge on any atom is -0.507 e. The molecule has 4 rings (SSSR count). The third-order valence-electron chi connectivity index (χ3n) is 4.18. The fourth-order valence-electron chi connectivity index (χ4n) is 2.81. The number of aryl methyl sites for hydroxylation is 1. The lowest BCUT2D eigenvalue weighted by Crippen LogP contribution is -2.33. The zero-order valence-corrected chi connectivity index (χ0v) is 14.7. The summed E-state index contributed by atoms with van der Waals surface area (Å²) >= 11 is 1.46. The number of aromatic nitrogens is 2. The van der Waals surface area contributed by atoms with E-state index in [0.717, 1.165) is 26.7 Å². The maximum atomic E-state index is 12.6. The second-order valence-electron chi connectivity index (χ2n) is 5.86. The summed E-state index contributed by atoms with van der Waals surface area (Å²) in [5, 5.41) is 12.3. The predicted molar refractivity (Wildman–Crippen MR) is 103 cm³/mol. The second kappa shape index (κ2) is 6.27. The van der Waals surface area contributed by atoms with Crippen LogP contribution in [0.5, 0.6) is 5.75 Å². The fourth-order valence-corrected chi connectivity index (χ4v) is 3.73. The number of benzene rings is 2. The number of phenols is 1. The number of rotatable bonds is 3.